The van der Waals surface area contributed by atoms with Crippen LogP contribution >= 0.6 is 10.7 Å². The zero-order valence-corrected chi connectivity index (χ0v) is 10.9. The second-order valence-corrected chi connectivity index (χ2v) is 6.86. The molecule has 0 amide bonds. The Labute approximate surface area is 109 Å². The van der Waals surface area contributed by atoms with Crippen LogP contribution in [0.5, 0.6) is 0 Å². The topological polar surface area (TPSA) is 60.2 Å². The first kappa shape index (κ1) is 11.7. The van der Waals surface area contributed by atoms with E-state index in [1.165, 1.54) is 24.5 Å². The molecule has 0 atom stereocenters. The van der Waals surface area contributed by atoms with E-state index in [9.17, 15) is 8.42 Å². The second-order valence-electron chi connectivity index (χ2n) is 4.37. The Morgan fingerprint density at radius 3 is 2.39 bits per heavy atom. The second kappa shape index (κ2) is 4.10. The van der Waals surface area contributed by atoms with Gasteiger partial charge in [-0.2, -0.15) is 0 Å². The summed E-state index contributed by atoms with van der Waals surface area (Å²) in [6.07, 6.45) is 2.50. The number of hydrogen-bond donors (Lipinski definition) is 0. The Kier molecular flexibility index (Phi) is 2.68. The summed E-state index contributed by atoms with van der Waals surface area (Å²) in [6, 6.07) is 9.23. The molecule has 0 N–H and O–H groups in total. The first-order chi connectivity index (χ1) is 8.54. The molecule has 0 aliphatic heterocycles. The van der Waals surface area contributed by atoms with Crippen molar-refractivity contribution in [3.63, 3.8) is 0 Å². The van der Waals surface area contributed by atoms with Crippen molar-refractivity contribution < 1.29 is 12.9 Å². The summed E-state index contributed by atoms with van der Waals surface area (Å²) in [6.45, 7) is 0. The molecule has 4 nitrogen and oxygen atoms in total. The molecule has 6 heteroatoms. The van der Waals surface area contributed by atoms with E-state index in [1.54, 1.807) is 0 Å². The molecule has 0 spiro atoms. The van der Waals surface area contributed by atoms with Crippen LogP contribution in [-0.2, 0) is 9.05 Å². The van der Waals surface area contributed by atoms with Gasteiger partial charge in [-0.25, -0.2) is 8.42 Å². The number of hydrogen-bond acceptors (Lipinski definition) is 4. The summed E-state index contributed by atoms with van der Waals surface area (Å²) >= 11 is 0. The van der Waals surface area contributed by atoms with E-state index >= 15 is 0 Å². The summed E-state index contributed by atoms with van der Waals surface area (Å²) in [5, 5.41) is 3.38. The predicted molar refractivity (Wildman–Crippen MR) is 67.0 cm³/mol. The molecule has 1 aromatic heterocycles. The molecule has 1 aromatic carbocycles. The first-order valence-corrected chi connectivity index (χ1v) is 7.87. The quantitative estimate of drug-likeness (QED) is 0.812. The van der Waals surface area contributed by atoms with Crippen LogP contribution in [0.4, 0.5) is 0 Å². The van der Waals surface area contributed by atoms with Gasteiger partial charge in [-0.05, 0) is 24.3 Å². The average molecular weight is 284 g/mol. The van der Waals surface area contributed by atoms with Crippen molar-refractivity contribution in [1.29, 1.82) is 0 Å². The highest BCUT2D eigenvalue weighted by molar-refractivity contribution is 8.13. The molecule has 1 aliphatic rings. The van der Waals surface area contributed by atoms with Gasteiger partial charge < -0.3 is 4.52 Å². The van der Waals surface area contributed by atoms with Gasteiger partial charge in [0.2, 0.25) is 0 Å². The van der Waals surface area contributed by atoms with Crippen LogP contribution in [-0.4, -0.2) is 13.6 Å². The van der Waals surface area contributed by atoms with E-state index < -0.39 is 9.05 Å². The third-order valence-corrected chi connectivity index (χ3v) is 4.11. The molecule has 1 fully saturated rings. The first-order valence-electron chi connectivity index (χ1n) is 5.56. The Balaban J connectivity index is 1.92. The number of aromatic nitrogens is 1. The molecule has 2 aromatic rings. The molecule has 1 heterocycles. The molecule has 94 valence electrons. The van der Waals surface area contributed by atoms with E-state index in [0.717, 1.165) is 5.56 Å². The zero-order valence-electron chi connectivity index (χ0n) is 9.34. The summed E-state index contributed by atoms with van der Waals surface area (Å²) in [4.78, 5) is 0. The molecule has 1 aliphatic carbocycles. The fourth-order valence-electron chi connectivity index (χ4n) is 1.85. The van der Waals surface area contributed by atoms with E-state index in [1.807, 2.05) is 24.3 Å². The van der Waals surface area contributed by atoms with Crippen molar-refractivity contribution in [3.05, 3.63) is 35.9 Å². The normalized spacial score (nSPS) is 15.8. The largest absolute Gasteiger partial charge is 0.343 e. The van der Waals surface area contributed by atoms with Gasteiger partial charge in [-0.1, -0.05) is 29.4 Å². The minimum absolute atomic E-state index is 0.328. The SMILES string of the molecule is O=S(=O)(Cl)c1cc(-c2ccc(C3CC3)cc2)no1. The van der Waals surface area contributed by atoms with Crippen molar-refractivity contribution in [2.75, 3.05) is 0 Å². The van der Waals surface area contributed by atoms with Crippen LogP contribution in [0, 0.1) is 0 Å². The summed E-state index contributed by atoms with van der Waals surface area (Å²) in [5.74, 6) is 0.690. The lowest BCUT2D eigenvalue weighted by Gasteiger charge is -1.99. The van der Waals surface area contributed by atoms with Crippen LogP contribution in [0.15, 0.2) is 39.9 Å². The van der Waals surface area contributed by atoms with Crippen molar-refractivity contribution in [2.45, 2.75) is 23.9 Å². The number of rotatable bonds is 3. The van der Waals surface area contributed by atoms with Crippen LogP contribution in [0.25, 0.3) is 11.3 Å². The van der Waals surface area contributed by atoms with Gasteiger partial charge in [-0.3, -0.25) is 0 Å². The lowest BCUT2D eigenvalue weighted by atomic mass is 10.1. The average Bonchev–Trinajstić information content (AvgIpc) is 3.05. The predicted octanol–water partition coefficient (Wildman–Crippen LogP) is 3.15. The van der Waals surface area contributed by atoms with Crippen molar-refractivity contribution in [3.8, 4) is 11.3 Å². The molecule has 1 saturated carbocycles. The third-order valence-electron chi connectivity index (χ3n) is 2.98. The van der Waals surface area contributed by atoms with E-state index in [2.05, 4.69) is 5.16 Å². The molecule has 18 heavy (non-hydrogen) atoms. The Morgan fingerprint density at radius 2 is 1.89 bits per heavy atom. The van der Waals surface area contributed by atoms with Crippen LogP contribution in [0.3, 0.4) is 0 Å². The van der Waals surface area contributed by atoms with Crippen molar-refractivity contribution >= 4 is 19.7 Å². The van der Waals surface area contributed by atoms with Gasteiger partial charge in [-0.15, -0.1) is 0 Å². The molecule has 0 radical (unpaired) electrons. The smallest absolute Gasteiger partial charge is 0.297 e. The fourth-order valence-corrected chi connectivity index (χ4v) is 2.45. The van der Waals surface area contributed by atoms with Crippen molar-refractivity contribution in [2.24, 2.45) is 0 Å². The van der Waals surface area contributed by atoms with Gasteiger partial charge in [0.1, 0.15) is 5.69 Å². The maximum atomic E-state index is 11.1. The van der Waals surface area contributed by atoms with E-state index in [-0.39, 0.29) is 5.09 Å². The third kappa shape index (κ3) is 2.28. The van der Waals surface area contributed by atoms with Gasteiger partial charge in [0.15, 0.2) is 0 Å². The Hall–Kier alpha value is -1.33. The van der Waals surface area contributed by atoms with Gasteiger partial charge >= 0.3 is 0 Å². The lowest BCUT2D eigenvalue weighted by molar-refractivity contribution is 0.343. The Bertz CT molecular complexity index is 672. The number of halogens is 1. The van der Waals surface area contributed by atoms with Gasteiger partial charge in [0, 0.05) is 22.3 Å². The van der Waals surface area contributed by atoms with Gasteiger partial charge in [0.05, 0.1) is 0 Å². The maximum Gasteiger partial charge on any atom is 0.297 e. The summed E-state index contributed by atoms with van der Waals surface area (Å²) in [7, 11) is 1.31. The fraction of sp³-hybridized carbons (Fsp3) is 0.250. The van der Waals surface area contributed by atoms with E-state index in [0.29, 0.717) is 11.6 Å². The molecule has 0 unspecified atom stereocenters. The highest BCUT2D eigenvalue weighted by Crippen LogP contribution is 2.40. The Morgan fingerprint density at radius 1 is 1.22 bits per heavy atom. The molecule has 3 rings (SSSR count). The minimum atomic E-state index is -3.86. The summed E-state index contributed by atoms with van der Waals surface area (Å²) in [5.41, 5.74) is 2.60. The van der Waals surface area contributed by atoms with Crippen LogP contribution < -0.4 is 0 Å². The highest BCUT2D eigenvalue weighted by atomic mass is 35.7. The highest BCUT2D eigenvalue weighted by Gasteiger charge is 2.23. The number of nitrogens with zero attached hydrogens (tertiary/aromatic N) is 1. The molecule has 0 saturated heterocycles. The maximum absolute atomic E-state index is 11.1. The van der Waals surface area contributed by atoms with Crippen molar-refractivity contribution in [1.82, 2.24) is 5.16 Å². The van der Waals surface area contributed by atoms with Crippen LogP contribution in [0.1, 0.15) is 24.3 Å². The molecular formula is C12H10ClNO3S. The lowest BCUT2D eigenvalue weighted by Crippen LogP contribution is -1.85. The molecule has 0 bridgehead atoms. The van der Waals surface area contributed by atoms with Crippen LogP contribution in [0.2, 0.25) is 0 Å². The van der Waals surface area contributed by atoms with E-state index in [4.69, 9.17) is 15.2 Å². The molecular weight excluding hydrogens is 274 g/mol. The van der Waals surface area contributed by atoms with Gasteiger partial charge in [0.25, 0.3) is 14.1 Å². The minimum Gasteiger partial charge on any atom is -0.343 e. The monoisotopic (exact) mass is 283 g/mol. The standard InChI is InChI=1S/C12H10ClNO3S/c13-18(15,16)12-7-11(14-17-12)10-5-3-9(4-6-10)8-1-2-8/h3-8H,1-2H2. The number of benzene rings is 1. The zero-order chi connectivity index (χ0) is 12.8. The summed E-state index contributed by atoms with van der Waals surface area (Å²) < 4.78 is 26.8.